The molecule has 0 aliphatic heterocycles. The number of nitrogens with one attached hydrogen (secondary N) is 2. The summed E-state index contributed by atoms with van der Waals surface area (Å²) in [6, 6.07) is 5.57. The van der Waals surface area contributed by atoms with Gasteiger partial charge < -0.3 is 5.73 Å². The Kier molecular flexibility index (Phi) is 3.76. The number of hydrogen-bond acceptors (Lipinski definition) is 5. The van der Waals surface area contributed by atoms with Crippen molar-refractivity contribution in [2.24, 2.45) is 0 Å². The van der Waals surface area contributed by atoms with E-state index in [0.717, 1.165) is 0 Å². The van der Waals surface area contributed by atoms with Gasteiger partial charge in [-0.05, 0) is 12.1 Å². The molecule has 1 heterocycles. The molecule has 1 aromatic heterocycles. The standard InChI is InChI=1S/C11H9ClFN5O/c12-9-8(14)10(16-5-15-9)17-18-11(19)6-3-1-2-4-7(6)13/h1-5H,14H2,(H,18,19)(H,15,16,17). The molecule has 0 atom stereocenters. The number of carbonyl (C=O) groups excluding carboxylic acids is 1. The molecule has 0 fully saturated rings. The predicted octanol–water partition coefficient (Wildman–Crippen LogP) is 1.61. The summed E-state index contributed by atoms with van der Waals surface area (Å²) in [5, 5.41) is 0.0534. The van der Waals surface area contributed by atoms with E-state index in [9.17, 15) is 9.18 Å². The van der Waals surface area contributed by atoms with E-state index in [1.165, 1.54) is 24.5 Å². The van der Waals surface area contributed by atoms with Crippen LogP contribution in [0.4, 0.5) is 15.9 Å². The third kappa shape index (κ3) is 2.89. The number of nitrogen functional groups attached to an aromatic ring is 1. The smallest absolute Gasteiger partial charge is 0.272 e. The molecule has 0 saturated heterocycles. The fraction of sp³-hybridized carbons (Fsp3) is 0. The van der Waals surface area contributed by atoms with Crippen LogP contribution in [0.1, 0.15) is 10.4 Å². The maximum Gasteiger partial charge on any atom is 0.272 e. The first-order valence-electron chi connectivity index (χ1n) is 5.16. The van der Waals surface area contributed by atoms with E-state index in [0.29, 0.717) is 0 Å². The van der Waals surface area contributed by atoms with Gasteiger partial charge in [0.15, 0.2) is 11.0 Å². The number of benzene rings is 1. The van der Waals surface area contributed by atoms with E-state index in [-0.39, 0.29) is 22.2 Å². The molecular formula is C11H9ClFN5O. The van der Waals surface area contributed by atoms with Crippen molar-refractivity contribution in [2.75, 3.05) is 11.2 Å². The average Bonchev–Trinajstić information content (AvgIpc) is 2.40. The Bertz CT molecular complexity index is 622. The summed E-state index contributed by atoms with van der Waals surface area (Å²) in [6.45, 7) is 0. The Balaban J connectivity index is 2.09. The van der Waals surface area contributed by atoms with Crippen LogP contribution in [0.5, 0.6) is 0 Å². The fourth-order valence-electron chi connectivity index (χ4n) is 1.30. The third-order valence-electron chi connectivity index (χ3n) is 2.25. The highest BCUT2D eigenvalue weighted by atomic mass is 35.5. The van der Waals surface area contributed by atoms with Crippen molar-refractivity contribution in [3.8, 4) is 0 Å². The van der Waals surface area contributed by atoms with Crippen LogP contribution >= 0.6 is 11.6 Å². The van der Waals surface area contributed by atoms with Gasteiger partial charge >= 0.3 is 0 Å². The number of hydrazine groups is 1. The molecule has 0 spiro atoms. The monoisotopic (exact) mass is 281 g/mol. The van der Waals surface area contributed by atoms with E-state index in [1.807, 2.05) is 0 Å². The van der Waals surface area contributed by atoms with E-state index < -0.39 is 11.7 Å². The summed E-state index contributed by atoms with van der Waals surface area (Å²) < 4.78 is 13.3. The summed E-state index contributed by atoms with van der Waals surface area (Å²) in [5.74, 6) is -1.16. The minimum atomic E-state index is -0.660. The summed E-state index contributed by atoms with van der Waals surface area (Å²) in [6.07, 6.45) is 1.18. The van der Waals surface area contributed by atoms with Crippen LogP contribution in [0.3, 0.4) is 0 Å². The Morgan fingerprint density at radius 3 is 2.79 bits per heavy atom. The molecule has 0 aliphatic rings. The van der Waals surface area contributed by atoms with Crippen LogP contribution in [0.25, 0.3) is 0 Å². The lowest BCUT2D eigenvalue weighted by Crippen LogP contribution is -2.31. The molecule has 8 heteroatoms. The van der Waals surface area contributed by atoms with Gasteiger partial charge in [-0.25, -0.2) is 14.4 Å². The molecule has 2 aromatic rings. The van der Waals surface area contributed by atoms with Gasteiger partial charge in [-0.3, -0.25) is 15.6 Å². The second kappa shape index (κ2) is 5.49. The number of nitrogens with two attached hydrogens (primary N) is 1. The summed E-state index contributed by atoms with van der Waals surface area (Å²) in [5.41, 5.74) is 10.3. The average molecular weight is 282 g/mol. The van der Waals surface area contributed by atoms with Gasteiger partial charge in [-0.1, -0.05) is 23.7 Å². The predicted molar refractivity (Wildman–Crippen MR) is 68.9 cm³/mol. The number of rotatable bonds is 3. The Labute approximate surface area is 112 Å². The fourth-order valence-corrected chi connectivity index (χ4v) is 1.44. The van der Waals surface area contributed by atoms with Crippen LogP contribution in [-0.2, 0) is 0 Å². The maximum atomic E-state index is 13.3. The number of halogens is 2. The quantitative estimate of drug-likeness (QED) is 0.587. The zero-order valence-corrected chi connectivity index (χ0v) is 10.3. The summed E-state index contributed by atoms with van der Waals surface area (Å²) in [4.78, 5) is 19.1. The summed E-state index contributed by atoms with van der Waals surface area (Å²) >= 11 is 5.68. The Morgan fingerprint density at radius 2 is 2.05 bits per heavy atom. The van der Waals surface area contributed by atoms with Crippen molar-refractivity contribution in [1.29, 1.82) is 0 Å². The van der Waals surface area contributed by atoms with Crippen molar-refractivity contribution in [2.45, 2.75) is 0 Å². The first kappa shape index (κ1) is 13.0. The van der Waals surface area contributed by atoms with Gasteiger partial charge in [0, 0.05) is 0 Å². The maximum absolute atomic E-state index is 13.3. The number of amides is 1. The van der Waals surface area contributed by atoms with Crippen molar-refractivity contribution >= 4 is 29.0 Å². The number of anilines is 2. The molecule has 4 N–H and O–H groups in total. The van der Waals surface area contributed by atoms with Crippen molar-refractivity contribution < 1.29 is 9.18 Å². The topological polar surface area (TPSA) is 92.9 Å². The molecule has 0 bridgehead atoms. The lowest BCUT2D eigenvalue weighted by molar-refractivity contribution is 0.0958. The first-order chi connectivity index (χ1) is 9.09. The molecule has 0 saturated carbocycles. The molecule has 98 valence electrons. The Hall–Kier alpha value is -2.41. The Morgan fingerprint density at radius 1 is 1.32 bits per heavy atom. The van der Waals surface area contributed by atoms with Gasteiger partial charge in [0.2, 0.25) is 0 Å². The minimum Gasteiger partial charge on any atom is -0.393 e. The molecule has 19 heavy (non-hydrogen) atoms. The van der Waals surface area contributed by atoms with E-state index in [2.05, 4.69) is 20.8 Å². The van der Waals surface area contributed by atoms with Crippen LogP contribution in [0.2, 0.25) is 5.15 Å². The molecule has 1 aromatic carbocycles. The second-order valence-electron chi connectivity index (χ2n) is 3.49. The molecule has 1 amide bonds. The molecule has 6 nitrogen and oxygen atoms in total. The van der Waals surface area contributed by atoms with Gasteiger partial charge in [0.25, 0.3) is 5.91 Å². The van der Waals surface area contributed by atoms with Crippen LogP contribution in [0.15, 0.2) is 30.6 Å². The SMILES string of the molecule is Nc1c(Cl)ncnc1NNC(=O)c1ccccc1F. The van der Waals surface area contributed by atoms with E-state index >= 15 is 0 Å². The zero-order valence-electron chi connectivity index (χ0n) is 9.52. The lowest BCUT2D eigenvalue weighted by Gasteiger charge is -2.10. The van der Waals surface area contributed by atoms with Crippen molar-refractivity contribution in [3.05, 3.63) is 47.1 Å². The second-order valence-corrected chi connectivity index (χ2v) is 3.84. The lowest BCUT2D eigenvalue weighted by atomic mass is 10.2. The highest BCUT2D eigenvalue weighted by Crippen LogP contribution is 2.21. The molecule has 0 unspecified atom stereocenters. The van der Waals surface area contributed by atoms with Crippen LogP contribution in [-0.4, -0.2) is 15.9 Å². The third-order valence-corrected chi connectivity index (χ3v) is 2.55. The minimum absolute atomic E-state index is 0.0534. The number of hydrogen-bond donors (Lipinski definition) is 3. The van der Waals surface area contributed by atoms with Crippen LogP contribution < -0.4 is 16.6 Å². The largest absolute Gasteiger partial charge is 0.393 e. The molecular weight excluding hydrogens is 273 g/mol. The van der Waals surface area contributed by atoms with Gasteiger partial charge in [-0.2, -0.15) is 0 Å². The number of nitrogens with zero attached hydrogens (tertiary/aromatic N) is 2. The normalized spacial score (nSPS) is 10.0. The van der Waals surface area contributed by atoms with Gasteiger partial charge in [0.1, 0.15) is 17.8 Å². The highest BCUT2D eigenvalue weighted by Gasteiger charge is 2.11. The molecule has 2 rings (SSSR count). The molecule has 0 aliphatic carbocycles. The van der Waals surface area contributed by atoms with Gasteiger partial charge in [-0.15, -0.1) is 0 Å². The molecule has 0 radical (unpaired) electrons. The first-order valence-corrected chi connectivity index (χ1v) is 5.54. The van der Waals surface area contributed by atoms with Gasteiger partial charge in [0.05, 0.1) is 5.56 Å². The van der Waals surface area contributed by atoms with Crippen LogP contribution in [0, 0.1) is 5.82 Å². The van der Waals surface area contributed by atoms with E-state index in [1.54, 1.807) is 6.07 Å². The zero-order chi connectivity index (χ0) is 13.8. The summed E-state index contributed by atoms with van der Waals surface area (Å²) in [7, 11) is 0. The number of aromatic nitrogens is 2. The van der Waals surface area contributed by atoms with Crippen molar-refractivity contribution in [1.82, 2.24) is 15.4 Å². The van der Waals surface area contributed by atoms with E-state index in [4.69, 9.17) is 17.3 Å². The number of carbonyl (C=O) groups is 1. The van der Waals surface area contributed by atoms with Crippen molar-refractivity contribution in [3.63, 3.8) is 0 Å². The highest BCUT2D eigenvalue weighted by molar-refractivity contribution is 6.32.